The fourth-order valence-electron chi connectivity index (χ4n) is 2.25. The molecule has 1 aliphatic rings. The molecule has 3 N–H and O–H groups in total. The highest BCUT2D eigenvalue weighted by atomic mass is 16.6. The lowest BCUT2D eigenvalue weighted by molar-refractivity contribution is -0.235. The Labute approximate surface area is 118 Å². The highest BCUT2D eigenvalue weighted by Crippen LogP contribution is 2.31. The Kier molecular flexibility index (Phi) is 5.28. The van der Waals surface area contributed by atoms with E-state index in [2.05, 4.69) is 6.58 Å². The number of rotatable bonds is 5. The molecule has 5 nitrogen and oxygen atoms in total. The van der Waals surface area contributed by atoms with E-state index in [1.54, 1.807) is 12.1 Å². The van der Waals surface area contributed by atoms with Gasteiger partial charge in [-0.2, -0.15) is 0 Å². The molecule has 5 heteroatoms. The van der Waals surface area contributed by atoms with Crippen molar-refractivity contribution in [2.24, 2.45) is 0 Å². The minimum atomic E-state index is -1.07. The van der Waals surface area contributed by atoms with E-state index >= 15 is 0 Å². The van der Waals surface area contributed by atoms with E-state index in [1.165, 1.54) is 0 Å². The molecule has 1 unspecified atom stereocenters. The third kappa shape index (κ3) is 3.65. The van der Waals surface area contributed by atoms with Crippen molar-refractivity contribution < 1.29 is 24.8 Å². The molecule has 1 saturated heterocycles. The summed E-state index contributed by atoms with van der Waals surface area (Å²) in [5.74, 6) is 0. The summed E-state index contributed by atoms with van der Waals surface area (Å²) >= 11 is 0. The topological polar surface area (TPSA) is 79.2 Å². The van der Waals surface area contributed by atoms with Gasteiger partial charge >= 0.3 is 0 Å². The van der Waals surface area contributed by atoms with Crippen LogP contribution in [0.1, 0.15) is 23.7 Å². The molecule has 2 rings (SSSR count). The van der Waals surface area contributed by atoms with Crippen LogP contribution >= 0.6 is 0 Å². The Balaban J connectivity index is 2.10. The second-order valence-electron chi connectivity index (χ2n) is 4.85. The standard InChI is InChI=1S/C15H20O5/c1-2-6-19-9-10-4-3-5-11(7-10)15-14(18)12(16)8-13(17)20-15/h2-5,7,12-18H,1,6,8-9H2/t12-,13?,14+,15-/m0/s1. The predicted octanol–water partition coefficient (Wildman–Crippen LogP) is 0.891. The lowest BCUT2D eigenvalue weighted by Gasteiger charge is -2.35. The van der Waals surface area contributed by atoms with Gasteiger partial charge in [0.1, 0.15) is 12.2 Å². The van der Waals surface area contributed by atoms with E-state index in [1.807, 2.05) is 18.2 Å². The molecule has 1 fully saturated rings. The van der Waals surface area contributed by atoms with Gasteiger partial charge in [0.2, 0.25) is 0 Å². The summed E-state index contributed by atoms with van der Waals surface area (Å²) in [6.07, 6.45) is -2.18. The minimum absolute atomic E-state index is 0.0137. The lowest BCUT2D eigenvalue weighted by Crippen LogP contribution is -2.43. The van der Waals surface area contributed by atoms with E-state index in [0.29, 0.717) is 18.8 Å². The summed E-state index contributed by atoms with van der Waals surface area (Å²) in [4.78, 5) is 0. The van der Waals surface area contributed by atoms with Crippen LogP contribution in [0.4, 0.5) is 0 Å². The molecule has 1 aromatic carbocycles. The highest BCUT2D eigenvalue weighted by molar-refractivity contribution is 5.26. The summed E-state index contributed by atoms with van der Waals surface area (Å²) in [5, 5.41) is 29.2. The Morgan fingerprint density at radius 1 is 1.35 bits per heavy atom. The molecule has 1 aliphatic heterocycles. The fourth-order valence-corrected chi connectivity index (χ4v) is 2.25. The van der Waals surface area contributed by atoms with E-state index < -0.39 is 24.6 Å². The molecular weight excluding hydrogens is 260 g/mol. The predicted molar refractivity (Wildman–Crippen MR) is 72.8 cm³/mol. The normalized spacial score (nSPS) is 30.1. The van der Waals surface area contributed by atoms with Crippen LogP contribution in [0.25, 0.3) is 0 Å². The maximum atomic E-state index is 9.98. The average molecular weight is 280 g/mol. The van der Waals surface area contributed by atoms with Gasteiger partial charge in [-0.05, 0) is 11.1 Å². The molecule has 0 spiro atoms. The fraction of sp³-hybridized carbons (Fsp3) is 0.467. The van der Waals surface area contributed by atoms with Gasteiger partial charge in [-0.15, -0.1) is 6.58 Å². The van der Waals surface area contributed by atoms with E-state index in [9.17, 15) is 15.3 Å². The van der Waals surface area contributed by atoms with Crippen molar-refractivity contribution in [3.8, 4) is 0 Å². The second kappa shape index (κ2) is 6.97. The van der Waals surface area contributed by atoms with Crippen molar-refractivity contribution in [2.45, 2.75) is 37.6 Å². The van der Waals surface area contributed by atoms with Gasteiger partial charge < -0.3 is 24.8 Å². The number of hydrogen-bond donors (Lipinski definition) is 3. The molecule has 20 heavy (non-hydrogen) atoms. The second-order valence-corrected chi connectivity index (χ2v) is 4.85. The van der Waals surface area contributed by atoms with Gasteiger partial charge in [-0.1, -0.05) is 30.3 Å². The zero-order valence-electron chi connectivity index (χ0n) is 11.2. The SMILES string of the molecule is C=CCOCc1cccc([C@@H]2OC(O)C[C@H](O)[C@H]2O)c1. The van der Waals surface area contributed by atoms with Gasteiger partial charge in [0.15, 0.2) is 6.29 Å². The summed E-state index contributed by atoms with van der Waals surface area (Å²) in [6.45, 7) is 4.46. The van der Waals surface area contributed by atoms with E-state index in [4.69, 9.17) is 9.47 Å². The third-order valence-electron chi connectivity index (χ3n) is 3.24. The lowest BCUT2D eigenvalue weighted by atomic mass is 9.94. The zero-order valence-corrected chi connectivity index (χ0v) is 11.2. The van der Waals surface area contributed by atoms with Crippen molar-refractivity contribution in [1.82, 2.24) is 0 Å². The molecule has 0 aromatic heterocycles. The molecule has 0 bridgehead atoms. The number of hydrogen-bond acceptors (Lipinski definition) is 5. The van der Waals surface area contributed by atoms with Gasteiger partial charge in [0.25, 0.3) is 0 Å². The van der Waals surface area contributed by atoms with Crippen LogP contribution in [0.5, 0.6) is 0 Å². The maximum absolute atomic E-state index is 9.98. The summed E-state index contributed by atoms with van der Waals surface area (Å²) in [6, 6.07) is 7.34. The molecule has 1 aromatic rings. The van der Waals surface area contributed by atoms with E-state index in [0.717, 1.165) is 5.56 Å². The number of aliphatic hydroxyl groups excluding tert-OH is 3. The first-order chi connectivity index (χ1) is 9.61. The molecular formula is C15H20O5. The largest absolute Gasteiger partial charge is 0.390 e. The van der Waals surface area contributed by atoms with Crippen molar-refractivity contribution in [2.75, 3.05) is 6.61 Å². The van der Waals surface area contributed by atoms with Crippen molar-refractivity contribution in [1.29, 1.82) is 0 Å². The quantitative estimate of drug-likeness (QED) is 0.551. The Bertz CT molecular complexity index is 448. The van der Waals surface area contributed by atoms with Gasteiger partial charge in [-0.3, -0.25) is 0 Å². The van der Waals surface area contributed by atoms with Gasteiger partial charge in [0, 0.05) is 6.42 Å². The molecule has 0 radical (unpaired) electrons. The van der Waals surface area contributed by atoms with Crippen LogP contribution in [-0.4, -0.2) is 40.4 Å². The van der Waals surface area contributed by atoms with E-state index in [-0.39, 0.29) is 6.42 Å². The zero-order chi connectivity index (χ0) is 14.5. The first-order valence-electron chi connectivity index (χ1n) is 6.59. The summed E-state index contributed by atoms with van der Waals surface area (Å²) in [7, 11) is 0. The van der Waals surface area contributed by atoms with Crippen LogP contribution in [0.3, 0.4) is 0 Å². The summed E-state index contributed by atoms with van der Waals surface area (Å²) < 4.78 is 10.7. The Morgan fingerprint density at radius 2 is 2.15 bits per heavy atom. The monoisotopic (exact) mass is 280 g/mol. The molecule has 110 valence electrons. The first kappa shape index (κ1) is 15.2. The van der Waals surface area contributed by atoms with Crippen LogP contribution < -0.4 is 0 Å². The average Bonchev–Trinajstić information content (AvgIpc) is 2.43. The number of aliphatic hydroxyl groups is 3. The molecule has 0 aliphatic carbocycles. The maximum Gasteiger partial charge on any atom is 0.158 e. The van der Waals surface area contributed by atoms with Crippen molar-refractivity contribution >= 4 is 0 Å². The Morgan fingerprint density at radius 3 is 2.90 bits per heavy atom. The van der Waals surface area contributed by atoms with Crippen LogP contribution in [0.15, 0.2) is 36.9 Å². The number of ether oxygens (including phenoxy) is 2. The van der Waals surface area contributed by atoms with Crippen LogP contribution in [0, 0.1) is 0 Å². The smallest absolute Gasteiger partial charge is 0.158 e. The Hall–Kier alpha value is -1.24. The highest BCUT2D eigenvalue weighted by Gasteiger charge is 2.36. The van der Waals surface area contributed by atoms with Crippen LogP contribution in [-0.2, 0) is 16.1 Å². The molecule has 0 saturated carbocycles. The summed E-state index contributed by atoms with van der Waals surface area (Å²) in [5.41, 5.74) is 1.63. The first-order valence-corrected chi connectivity index (χ1v) is 6.59. The van der Waals surface area contributed by atoms with Crippen molar-refractivity contribution in [3.05, 3.63) is 48.0 Å². The molecule has 0 amide bonds. The molecule has 4 atom stereocenters. The van der Waals surface area contributed by atoms with Gasteiger partial charge in [-0.25, -0.2) is 0 Å². The van der Waals surface area contributed by atoms with Gasteiger partial charge in [0.05, 0.1) is 19.3 Å². The minimum Gasteiger partial charge on any atom is -0.390 e. The van der Waals surface area contributed by atoms with Crippen molar-refractivity contribution in [3.63, 3.8) is 0 Å². The molecule has 1 heterocycles. The number of benzene rings is 1. The third-order valence-corrected chi connectivity index (χ3v) is 3.24. The van der Waals surface area contributed by atoms with Crippen LogP contribution in [0.2, 0.25) is 0 Å².